The van der Waals surface area contributed by atoms with Crippen LogP contribution in [-0.2, 0) is 9.47 Å². The van der Waals surface area contributed by atoms with Crippen LogP contribution in [0.2, 0.25) is 5.28 Å². The molecule has 0 radical (unpaired) electrons. The standard InChI is InChI=1S/C15H26ClN5O2/c1-5-12(23-11(2)3)10-20(4)14-17-13(16)18-15(19-14)21-6-8-22-9-7-21/h11-12H,5-10H2,1-4H3. The largest absolute Gasteiger partial charge is 0.378 e. The topological polar surface area (TPSA) is 63.6 Å². The highest BCUT2D eigenvalue weighted by atomic mass is 35.5. The Morgan fingerprint density at radius 2 is 1.96 bits per heavy atom. The van der Waals surface area contributed by atoms with Gasteiger partial charge in [-0.05, 0) is 31.9 Å². The Bertz CT molecular complexity index is 497. The van der Waals surface area contributed by atoms with Gasteiger partial charge in [-0.25, -0.2) is 0 Å². The van der Waals surface area contributed by atoms with Gasteiger partial charge in [0.25, 0.3) is 0 Å². The van der Waals surface area contributed by atoms with Crippen molar-refractivity contribution in [2.45, 2.75) is 39.4 Å². The van der Waals surface area contributed by atoms with Crippen molar-refractivity contribution in [1.82, 2.24) is 15.0 Å². The molecule has 0 aliphatic carbocycles. The van der Waals surface area contributed by atoms with Crippen molar-refractivity contribution in [3.8, 4) is 0 Å². The fraction of sp³-hybridized carbons (Fsp3) is 0.800. The number of ether oxygens (including phenoxy) is 2. The van der Waals surface area contributed by atoms with Gasteiger partial charge >= 0.3 is 0 Å². The minimum Gasteiger partial charge on any atom is -0.378 e. The van der Waals surface area contributed by atoms with Crippen LogP contribution in [0.15, 0.2) is 0 Å². The highest BCUT2D eigenvalue weighted by molar-refractivity contribution is 6.28. The van der Waals surface area contributed by atoms with E-state index in [-0.39, 0.29) is 17.5 Å². The number of aromatic nitrogens is 3. The maximum absolute atomic E-state index is 6.09. The Hall–Kier alpha value is -1.18. The number of hydrogen-bond acceptors (Lipinski definition) is 7. The van der Waals surface area contributed by atoms with Gasteiger partial charge in [0.2, 0.25) is 17.2 Å². The number of morpholine rings is 1. The molecule has 8 heteroatoms. The summed E-state index contributed by atoms with van der Waals surface area (Å²) in [6, 6.07) is 0. The number of likely N-dealkylation sites (N-methyl/N-ethyl adjacent to an activating group) is 1. The molecule has 0 bridgehead atoms. The zero-order chi connectivity index (χ0) is 16.8. The molecule has 1 aromatic rings. The van der Waals surface area contributed by atoms with Gasteiger partial charge < -0.3 is 19.3 Å². The van der Waals surface area contributed by atoms with E-state index in [1.165, 1.54) is 0 Å². The summed E-state index contributed by atoms with van der Waals surface area (Å²) < 4.78 is 11.3. The minimum atomic E-state index is 0.127. The van der Waals surface area contributed by atoms with Gasteiger partial charge in [0, 0.05) is 26.7 Å². The first-order valence-electron chi connectivity index (χ1n) is 8.10. The van der Waals surface area contributed by atoms with Crippen molar-refractivity contribution in [3.05, 3.63) is 5.28 Å². The molecule has 1 fully saturated rings. The highest BCUT2D eigenvalue weighted by Crippen LogP contribution is 2.18. The molecule has 0 N–H and O–H groups in total. The molecule has 1 atom stereocenters. The SMILES string of the molecule is CCC(CN(C)c1nc(Cl)nc(N2CCOCC2)n1)OC(C)C. The second kappa shape index (κ2) is 8.61. The molecule has 23 heavy (non-hydrogen) atoms. The zero-order valence-electron chi connectivity index (χ0n) is 14.3. The Morgan fingerprint density at radius 3 is 2.57 bits per heavy atom. The molecule has 0 spiro atoms. The summed E-state index contributed by atoms with van der Waals surface area (Å²) in [6.45, 7) is 9.77. The monoisotopic (exact) mass is 343 g/mol. The molecule has 0 saturated carbocycles. The van der Waals surface area contributed by atoms with Crippen molar-refractivity contribution < 1.29 is 9.47 Å². The second-order valence-electron chi connectivity index (χ2n) is 5.90. The molecule has 1 saturated heterocycles. The quantitative estimate of drug-likeness (QED) is 0.750. The maximum Gasteiger partial charge on any atom is 0.231 e. The van der Waals surface area contributed by atoms with Crippen LogP contribution >= 0.6 is 11.6 Å². The van der Waals surface area contributed by atoms with Gasteiger partial charge in [0.05, 0.1) is 25.4 Å². The third-order valence-corrected chi connectivity index (χ3v) is 3.79. The predicted octanol–water partition coefficient (Wildman–Crippen LogP) is 2.00. The van der Waals surface area contributed by atoms with Crippen molar-refractivity contribution in [1.29, 1.82) is 0 Å². The normalized spacial score (nSPS) is 16.7. The van der Waals surface area contributed by atoms with Gasteiger partial charge in [-0.2, -0.15) is 15.0 Å². The molecule has 130 valence electrons. The summed E-state index contributed by atoms with van der Waals surface area (Å²) in [4.78, 5) is 17.1. The number of nitrogens with zero attached hydrogens (tertiary/aromatic N) is 5. The molecule has 1 unspecified atom stereocenters. The van der Waals surface area contributed by atoms with Crippen LogP contribution < -0.4 is 9.80 Å². The van der Waals surface area contributed by atoms with Crippen LogP contribution in [-0.4, -0.2) is 67.1 Å². The van der Waals surface area contributed by atoms with Crippen molar-refractivity contribution in [2.24, 2.45) is 0 Å². The fourth-order valence-corrected chi connectivity index (χ4v) is 2.60. The van der Waals surface area contributed by atoms with Gasteiger partial charge in [0.15, 0.2) is 0 Å². The van der Waals surface area contributed by atoms with E-state index in [0.717, 1.165) is 19.5 Å². The lowest BCUT2D eigenvalue weighted by Crippen LogP contribution is -2.38. The Morgan fingerprint density at radius 1 is 1.26 bits per heavy atom. The first-order chi connectivity index (χ1) is 11.0. The molecule has 1 aliphatic rings. The molecule has 7 nitrogen and oxygen atoms in total. The lowest BCUT2D eigenvalue weighted by Gasteiger charge is -2.28. The summed E-state index contributed by atoms with van der Waals surface area (Å²) in [5.41, 5.74) is 0. The van der Waals surface area contributed by atoms with Gasteiger partial charge in [-0.1, -0.05) is 6.92 Å². The molecule has 2 heterocycles. The van der Waals surface area contributed by atoms with E-state index in [1.54, 1.807) is 0 Å². The first kappa shape index (κ1) is 18.2. The molecule has 2 rings (SSSR count). The van der Waals surface area contributed by atoms with Crippen LogP contribution in [0.4, 0.5) is 11.9 Å². The Kier molecular flexibility index (Phi) is 6.80. The summed E-state index contributed by atoms with van der Waals surface area (Å²) in [5, 5.41) is 0.209. The Labute approximate surface area is 143 Å². The van der Waals surface area contributed by atoms with E-state index in [1.807, 2.05) is 25.8 Å². The molecular formula is C15H26ClN5O2. The third kappa shape index (κ3) is 5.44. The third-order valence-electron chi connectivity index (χ3n) is 3.62. The maximum atomic E-state index is 6.09. The molecule has 1 aromatic heterocycles. The molecule has 0 amide bonds. The van der Waals surface area contributed by atoms with Crippen molar-refractivity contribution in [3.63, 3.8) is 0 Å². The molecule has 0 aromatic carbocycles. The van der Waals surface area contributed by atoms with E-state index >= 15 is 0 Å². The van der Waals surface area contributed by atoms with Crippen LogP contribution in [0.25, 0.3) is 0 Å². The summed E-state index contributed by atoms with van der Waals surface area (Å²) in [5.74, 6) is 1.17. The summed E-state index contributed by atoms with van der Waals surface area (Å²) >= 11 is 6.09. The van der Waals surface area contributed by atoms with Crippen LogP contribution in [0.1, 0.15) is 27.2 Å². The number of anilines is 2. The molecular weight excluding hydrogens is 318 g/mol. The number of rotatable bonds is 7. The van der Waals surface area contributed by atoms with E-state index < -0.39 is 0 Å². The molecule has 1 aliphatic heterocycles. The van der Waals surface area contributed by atoms with Crippen LogP contribution in [0.3, 0.4) is 0 Å². The lowest BCUT2D eigenvalue weighted by atomic mass is 10.2. The van der Waals surface area contributed by atoms with Gasteiger partial charge in [0.1, 0.15) is 0 Å². The minimum absolute atomic E-state index is 0.127. The fourth-order valence-electron chi connectivity index (χ4n) is 2.45. The summed E-state index contributed by atoms with van der Waals surface area (Å²) in [6.07, 6.45) is 1.25. The highest BCUT2D eigenvalue weighted by Gasteiger charge is 2.19. The number of hydrogen-bond donors (Lipinski definition) is 0. The zero-order valence-corrected chi connectivity index (χ0v) is 15.1. The van der Waals surface area contributed by atoms with E-state index in [2.05, 4.69) is 26.8 Å². The van der Waals surface area contributed by atoms with E-state index in [0.29, 0.717) is 31.7 Å². The second-order valence-corrected chi connectivity index (χ2v) is 6.24. The van der Waals surface area contributed by atoms with Gasteiger partial charge in [-0.3, -0.25) is 0 Å². The predicted molar refractivity (Wildman–Crippen MR) is 91.4 cm³/mol. The van der Waals surface area contributed by atoms with Crippen molar-refractivity contribution >= 4 is 23.5 Å². The van der Waals surface area contributed by atoms with Crippen LogP contribution in [0.5, 0.6) is 0 Å². The van der Waals surface area contributed by atoms with Gasteiger partial charge in [-0.15, -0.1) is 0 Å². The summed E-state index contributed by atoms with van der Waals surface area (Å²) in [7, 11) is 1.95. The van der Waals surface area contributed by atoms with E-state index in [4.69, 9.17) is 21.1 Å². The average Bonchev–Trinajstić information content (AvgIpc) is 2.54. The van der Waals surface area contributed by atoms with E-state index in [9.17, 15) is 0 Å². The Balaban J connectivity index is 2.09. The average molecular weight is 344 g/mol. The smallest absolute Gasteiger partial charge is 0.231 e. The lowest BCUT2D eigenvalue weighted by molar-refractivity contribution is 0.0108. The first-order valence-corrected chi connectivity index (χ1v) is 8.48. The van der Waals surface area contributed by atoms with Crippen molar-refractivity contribution in [2.75, 3.05) is 49.7 Å². The number of halogens is 1. The van der Waals surface area contributed by atoms with Crippen LogP contribution in [0, 0.1) is 0 Å².